The van der Waals surface area contributed by atoms with Crippen molar-refractivity contribution < 1.29 is 5.58 Å². The highest BCUT2D eigenvalue weighted by Crippen LogP contribution is 2.19. The van der Waals surface area contributed by atoms with Crippen LogP contribution >= 0.6 is 0 Å². The number of hydrogen-bond donors (Lipinski definition) is 0. The minimum atomic E-state index is -1.24. The first-order chi connectivity index (χ1) is 6.82. The van der Waals surface area contributed by atoms with Gasteiger partial charge in [-0.05, 0) is 24.5 Å². The van der Waals surface area contributed by atoms with Gasteiger partial charge in [0.2, 0.25) is 0 Å². The van der Waals surface area contributed by atoms with Crippen LogP contribution in [0.1, 0.15) is 27.7 Å². The standard InChI is InChI=1S/C12H18OS/c1-10-5-7-11(8-6-10)14(13)9-12(2,3)4/h5-8H,9H2,1-4H3/i9D/t9-,14?/m0/s1. The number of aryl methyl sites for hydroxylation is 1. The molecule has 1 aromatic carbocycles. The zero-order valence-corrected chi connectivity index (χ0v) is 10.0. The summed E-state index contributed by atoms with van der Waals surface area (Å²) >= 11 is 0. The van der Waals surface area contributed by atoms with E-state index in [-0.39, 0.29) is 5.41 Å². The molecule has 0 radical (unpaired) electrons. The predicted octanol–water partition coefficient (Wildman–Crippen LogP) is 3.15. The Morgan fingerprint density at radius 1 is 1.29 bits per heavy atom. The van der Waals surface area contributed by atoms with E-state index in [1.54, 1.807) is 0 Å². The zero-order chi connectivity index (χ0) is 11.6. The summed E-state index contributed by atoms with van der Waals surface area (Å²) in [4.78, 5) is 0.746. The molecule has 0 saturated heterocycles. The molecule has 0 aliphatic rings. The molecule has 0 bridgehead atoms. The first-order valence-corrected chi connectivity index (χ1v) is 5.93. The van der Waals surface area contributed by atoms with Crippen molar-refractivity contribution in [2.45, 2.75) is 32.6 Å². The van der Waals surface area contributed by atoms with Crippen LogP contribution < -0.4 is 0 Å². The van der Waals surface area contributed by atoms with Gasteiger partial charge in [-0.1, -0.05) is 38.5 Å². The molecule has 0 heterocycles. The van der Waals surface area contributed by atoms with Gasteiger partial charge in [0.15, 0.2) is 0 Å². The molecule has 0 saturated carbocycles. The second-order valence-corrected chi connectivity index (χ2v) is 5.90. The van der Waals surface area contributed by atoms with E-state index in [2.05, 4.69) is 0 Å². The monoisotopic (exact) mass is 211 g/mol. The van der Waals surface area contributed by atoms with Gasteiger partial charge in [0.1, 0.15) is 0 Å². The molecule has 0 aliphatic carbocycles. The van der Waals surface area contributed by atoms with Crippen molar-refractivity contribution in [3.05, 3.63) is 29.8 Å². The molecular formula is C12H18OS. The molecule has 0 aliphatic heterocycles. The van der Waals surface area contributed by atoms with Gasteiger partial charge in [0.25, 0.3) is 0 Å². The van der Waals surface area contributed by atoms with Crippen LogP contribution in [0, 0.1) is 12.3 Å². The van der Waals surface area contributed by atoms with E-state index in [1.807, 2.05) is 52.0 Å². The van der Waals surface area contributed by atoms with Crippen LogP contribution in [-0.2, 0) is 10.8 Å². The summed E-state index contributed by atoms with van der Waals surface area (Å²) in [6.45, 7) is 7.82. The Hall–Kier alpha value is -0.630. The fourth-order valence-corrected chi connectivity index (χ4v) is 2.24. The van der Waals surface area contributed by atoms with Gasteiger partial charge in [0.05, 0.1) is 10.8 Å². The fourth-order valence-electron chi connectivity index (χ4n) is 1.06. The van der Waals surface area contributed by atoms with Crippen LogP contribution in [0.15, 0.2) is 29.2 Å². The minimum Gasteiger partial charge on any atom is -0.254 e. The van der Waals surface area contributed by atoms with Crippen molar-refractivity contribution in [2.24, 2.45) is 5.41 Å². The average molecular weight is 211 g/mol. The maximum atomic E-state index is 12.0. The van der Waals surface area contributed by atoms with Crippen LogP contribution in [-0.4, -0.2) is 9.94 Å². The predicted molar refractivity (Wildman–Crippen MR) is 61.9 cm³/mol. The van der Waals surface area contributed by atoms with Gasteiger partial charge in [-0.3, -0.25) is 4.21 Å². The summed E-state index contributed by atoms with van der Waals surface area (Å²) in [5.41, 5.74) is 0.309. The van der Waals surface area contributed by atoms with Crippen molar-refractivity contribution in [3.63, 3.8) is 0 Å². The largest absolute Gasteiger partial charge is 0.254 e. The molecule has 78 valence electrons. The summed E-state index contributed by atoms with van der Waals surface area (Å²) < 4.78 is 19.9. The van der Waals surface area contributed by atoms with Gasteiger partial charge in [-0.25, -0.2) is 0 Å². The third kappa shape index (κ3) is 3.62. The molecule has 1 unspecified atom stereocenters. The first-order valence-electron chi connectivity index (χ1n) is 5.29. The topological polar surface area (TPSA) is 17.1 Å². The van der Waals surface area contributed by atoms with Gasteiger partial charge >= 0.3 is 0 Å². The molecule has 2 atom stereocenters. The van der Waals surface area contributed by atoms with E-state index in [1.165, 1.54) is 0 Å². The van der Waals surface area contributed by atoms with E-state index in [0.717, 1.165) is 10.5 Å². The van der Waals surface area contributed by atoms with Crippen molar-refractivity contribution in [1.82, 2.24) is 0 Å². The lowest BCUT2D eigenvalue weighted by Crippen LogP contribution is -2.16. The van der Waals surface area contributed by atoms with Gasteiger partial charge < -0.3 is 0 Å². The molecule has 0 N–H and O–H groups in total. The quantitative estimate of drug-likeness (QED) is 0.734. The molecule has 0 aromatic heterocycles. The highest BCUT2D eigenvalue weighted by molar-refractivity contribution is 7.85. The smallest absolute Gasteiger partial charge is 0.0534 e. The van der Waals surface area contributed by atoms with Crippen LogP contribution in [0.2, 0.25) is 0 Å². The average Bonchev–Trinajstić information content (AvgIpc) is 2.15. The van der Waals surface area contributed by atoms with Gasteiger partial charge in [-0.2, -0.15) is 0 Å². The summed E-state index contributed by atoms with van der Waals surface area (Å²) in [5, 5.41) is 0. The van der Waals surface area contributed by atoms with E-state index in [9.17, 15) is 4.21 Å². The Morgan fingerprint density at radius 3 is 2.21 bits per heavy atom. The van der Waals surface area contributed by atoms with E-state index in [0.29, 0.717) is 0 Å². The Morgan fingerprint density at radius 2 is 1.79 bits per heavy atom. The van der Waals surface area contributed by atoms with E-state index >= 15 is 0 Å². The lowest BCUT2D eigenvalue weighted by Gasteiger charge is -2.17. The summed E-state index contributed by atoms with van der Waals surface area (Å²) in [6, 6.07) is 7.56. The number of hydrogen-bond acceptors (Lipinski definition) is 1. The Labute approximate surface area is 90.4 Å². The van der Waals surface area contributed by atoms with Crippen LogP contribution in [0.4, 0.5) is 0 Å². The highest BCUT2D eigenvalue weighted by Gasteiger charge is 2.15. The molecule has 2 heteroatoms. The third-order valence-electron chi connectivity index (χ3n) is 1.71. The van der Waals surface area contributed by atoms with Gasteiger partial charge in [0, 0.05) is 12.0 Å². The minimum absolute atomic E-state index is 0.254. The summed E-state index contributed by atoms with van der Waals surface area (Å²) in [5.74, 6) is 0. The second kappa shape index (κ2) is 4.26. The molecular weight excluding hydrogens is 192 g/mol. The molecule has 0 fully saturated rings. The maximum Gasteiger partial charge on any atom is 0.0534 e. The maximum absolute atomic E-state index is 12.0. The van der Waals surface area contributed by atoms with Crippen molar-refractivity contribution >= 4 is 10.8 Å². The van der Waals surface area contributed by atoms with E-state index in [4.69, 9.17) is 1.37 Å². The molecule has 1 nitrogen and oxygen atoms in total. The molecule has 0 amide bonds. The van der Waals surface area contributed by atoms with Gasteiger partial charge in [-0.15, -0.1) is 0 Å². The van der Waals surface area contributed by atoms with Crippen molar-refractivity contribution in [1.29, 1.82) is 0 Å². The van der Waals surface area contributed by atoms with Crippen molar-refractivity contribution in [3.8, 4) is 0 Å². The van der Waals surface area contributed by atoms with E-state index < -0.39 is 16.5 Å². The number of benzene rings is 1. The number of rotatable bonds is 2. The van der Waals surface area contributed by atoms with Crippen molar-refractivity contribution in [2.75, 3.05) is 5.73 Å². The summed E-state index contributed by atoms with van der Waals surface area (Å²) in [7, 11) is -1.24. The molecule has 1 rings (SSSR count). The van der Waals surface area contributed by atoms with Crippen LogP contribution in [0.25, 0.3) is 0 Å². The highest BCUT2D eigenvalue weighted by atomic mass is 32.2. The van der Waals surface area contributed by atoms with Crippen LogP contribution in [0.5, 0.6) is 0 Å². The Kier molecular flexibility index (Phi) is 3.02. The SMILES string of the molecule is [2H][C@H](S(=O)c1ccc(C)cc1)C(C)(C)C. The Bertz CT molecular complexity index is 351. The molecule has 1 aromatic rings. The molecule has 14 heavy (non-hydrogen) atoms. The van der Waals surface area contributed by atoms with Crippen LogP contribution in [0.3, 0.4) is 0 Å². The lowest BCUT2D eigenvalue weighted by molar-refractivity contribution is 0.474. The second-order valence-electron chi connectivity index (χ2n) is 4.59. The lowest BCUT2D eigenvalue weighted by atomic mass is 10.0. The molecule has 0 spiro atoms. The third-order valence-corrected chi connectivity index (χ3v) is 3.37. The zero-order valence-electron chi connectivity index (χ0n) is 10.2. The Balaban J connectivity index is 2.90. The summed E-state index contributed by atoms with van der Waals surface area (Å²) in [6.07, 6.45) is 0. The fraction of sp³-hybridized carbons (Fsp3) is 0.500. The normalized spacial score (nSPS) is 17.3. The first kappa shape index (κ1) is 9.91.